The average Bonchev–Trinajstić information content (AvgIpc) is 3.26. The second kappa shape index (κ2) is 12.7. The topological polar surface area (TPSA) is 142 Å². The molecule has 4 N–H and O–H groups in total. The summed E-state index contributed by atoms with van der Waals surface area (Å²) >= 11 is 7.11. The number of rotatable bonds is 12. The van der Waals surface area contributed by atoms with Crippen molar-refractivity contribution in [2.24, 2.45) is 5.92 Å². The van der Waals surface area contributed by atoms with Crippen molar-refractivity contribution in [3.63, 3.8) is 0 Å². The van der Waals surface area contributed by atoms with Gasteiger partial charge in [0, 0.05) is 11.2 Å². The van der Waals surface area contributed by atoms with Gasteiger partial charge in [0.05, 0.1) is 9.90 Å². The van der Waals surface area contributed by atoms with Crippen molar-refractivity contribution < 1.29 is 32.3 Å². The fraction of sp³-hybridized carbons (Fsp3) is 0.320. The summed E-state index contributed by atoms with van der Waals surface area (Å²) in [7, 11) is -4.39. The highest BCUT2D eigenvalue weighted by atomic mass is 35.5. The van der Waals surface area contributed by atoms with Crippen LogP contribution in [0.15, 0.2) is 53.4 Å². The fourth-order valence-corrected chi connectivity index (χ4v) is 6.39. The van der Waals surface area contributed by atoms with E-state index in [0.717, 1.165) is 28.3 Å². The van der Waals surface area contributed by atoms with Crippen molar-refractivity contribution >= 4 is 60.8 Å². The minimum Gasteiger partial charge on any atom is -0.480 e. The Labute approximate surface area is 228 Å². The van der Waals surface area contributed by atoms with Crippen molar-refractivity contribution in [3.8, 4) is 0 Å². The number of benzene rings is 2. The summed E-state index contributed by atoms with van der Waals surface area (Å²) < 4.78 is 41.5. The Balaban J connectivity index is 1.63. The fourth-order valence-electron chi connectivity index (χ4n) is 3.67. The molecule has 2 amide bonds. The molecule has 3 rings (SSSR count). The molecular formula is C25H27ClFN3O6S2. The number of nitrogens with one attached hydrogen (secondary N) is 3. The third-order valence-electron chi connectivity index (χ3n) is 5.49. The molecule has 0 aliphatic heterocycles. The van der Waals surface area contributed by atoms with E-state index in [-0.39, 0.29) is 18.9 Å². The summed E-state index contributed by atoms with van der Waals surface area (Å²) in [4.78, 5) is 37.4. The minimum atomic E-state index is -4.39. The molecule has 1 heterocycles. The lowest BCUT2D eigenvalue weighted by Gasteiger charge is -2.21. The summed E-state index contributed by atoms with van der Waals surface area (Å²) in [6, 6.07) is 9.40. The summed E-state index contributed by atoms with van der Waals surface area (Å²) in [5.41, 5.74) is 0. The van der Waals surface area contributed by atoms with Crippen LogP contribution < -0.4 is 15.4 Å². The number of sulfonamides is 1. The molecule has 0 radical (unpaired) electrons. The highest BCUT2D eigenvalue weighted by Gasteiger charge is 2.28. The third kappa shape index (κ3) is 7.73. The highest BCUT2D eigenvalue weighted by molar-refractivity contribution is 7.89. The molecule has 2 atom stereocenters. The summed E-state index contributed by atoms with van der Waals surface area (Å²) in [6.45, 7) is 3.59. The van der Waals surface area contributed by atoms with Gasteiger partial charge in [-0.2, -0.15) is 4.72 Å². The first kappa shape index (κ1) is 29.5. The van der Waals surface area contributed by atoms with Gasteiger partial charge in [0.1, 0.15) is 22.8 Å². The molecular weight excluding hydrogens is 557 g/mol. The Morgan fingerprint density at radius 1 is 1.08 bits per heavy atom. The van der Waals surface area contributed by atoms with Gasteiger partial charge < -0.3 is 15.7 Å². The van der Waals surface area contributed by atoms with Gasteiger partial charge in [-0.3, -0.25) is 14.4 Å². The number of fused-ring (bicyclic) bond motifs is 1. The van der Waals surface area contributed by atoms with E-state index >= 15 is 0 Å². The molecule has 0 fully saturated rings. The third-order valence-corrected chi connectivity index (χ3v) is 8.56. The first-order valence-electron chi connectivity index (χ1n) is 11.6. The number of carbonyl (C=O) groups excluding carboxylic acids is 2. The van der Waals surface area contributed by atoms with Gasteiger partial charge in [-0.1, -0.05) is 43.6 Å². The number of carboxylic acid groups (broad SMARTS) is 1. The molecule has 38 heavy (non-hydrogen) atoms. The number of halogens is 2. The molecule has 3 aromatic rings. The average molecular weight is 584 g/mol. The Morgan fingerprint density at radius 2 is 1.79 bits per heavy atom. The summed E-state index contributed by atoms with van der Waals surface area (Å²) in [5, 5.41) is 15.3. The number of hydrogen-bond donors (Lipinski definition) is 4. The molecule has 204 valence electrons. The zero-order valence-corrected chi connectivity index (χ0v) is 22.9. The molecule has 13 heteroatoms. The van der Waals surface area contributed by atoms with Crippen LogP contribution in [-0.2, 0) is 19.6 Å². The Hall–Kier alpha value is -3.06. The predicted octanol–water partition coefficient (Wildman–Crippen LogP) is 3.78. The molecule has 0 unspecified atom stereocenters. The number of carbonyl (C=O) groups is 3. The van der Waals surface area contributed by atoms with E-state index < -0.39 is 55.6 Å². The zero-order chi connectivity index (χ0) is 28.0. The minimum absolute atomic E-state index is 0.0625. The molecule has 2 aromatic carbocycles. The van der Waals surface area contributed by atoms with Crippen LogP contribution in [0.3, 0.4) is 0 Å². The molecule has 0 bridgehead atoms. The van der Waals surface area contributed by atoms with Gasteiger partial charge in [-0.15, -0.1) is 11.3 Å². The smallest absolute Gasteiger partial charge is 0.321 e. The van der Waals surface area contributed by atoms with Crippen LogP contribution in [-0.4, -0.2) is 49.9 Å². The van der Waals surface area contributed by atoms with Gasteiger partial charge in [0.2, 0.25) is 15.9 Å². The van der Waals surface area contributed by atoms with Crippen LogP contribution in [0.5, 0.6) is 0 Å². The zero-order valence-electron chi connectivity index (χ0n) is 20.5. The van der Waals surface area contributed by atoms with Crippen LogP contribution >= 0.6 is 22.9 Å². The van der Waals surface area contributed by atoms with Gasteiger partial charge in [0.15, 0.2) is 0 Å². The summed E-state index contributed by atoms with van der Waals surface area (Å²) in [6.07, 6.45) is 0.0400. The van der Waals surface area contributed by atoms with Crippen molar-refractivity contribution in [1.29, 1.82) is 0 Å². The number of carboxylic acids is 1. The lowest BCUT2D eigenvalue weighted by molar-refractivity contribution is -0.139. The maximum Gasteiger partial charge on any atom is 0.321 e. The number of thiophene rings is 1. The second-order valence-corrected chi connectivity index (χ2v) is 12.1. The molecule has 0 aliphatic carbocycles. The SMILES string of the molecule is CC(C)C[C@H](NC(=O)c1cc2ccccc2s1)C(=O)NCC[C@@H](NS(=O)(=O)c1ccc(F)cc1Cl)C(=O)O. The van der Waals surface area contributed by atoms with Crippen molar-refractivity contribution in [3.05, 3.63) is 64.2 Å². The van der Waals surface area contributed by atoms with E-state index in [2.05, 4.69) is 10.6 Å². The maximum absolute atomic E-state index is 13.3. The van der Waals surface area contributed by atoms with Crippen molar-refractivity contribution in [2.45, 2.75) is 43.7 Å². The van der Waals surface area contributed by atoms with E-state index in [1.54, 1.807) is 6.07 Å². The second-order valence-electron chi connectivity index (χ2n) is 8.97. The predicted molar refractivity (Wildman–Crippen MR) is 143 cm³/mol. The Morgan fingerprint density at radius 3 is 2.42 bits per heavy atom. The van der Waals surface area contributed by atoms with Crippen LogP contribution in [0.4, 0.5) is 4.39 Å². The highest BCUT2D eigenvalue weighted by Crippen LogP contribution is 2.25. The van der Waals surface area contributed by atoms with Gasteiger partial charge in [-0.05, 0) is 54.5 Å². The van der Waals surface area contributed by atoms with Crippen molar-refractivity contribution in [1.82, 2.24) is 15.4 Å². The molecule has 1 aromatic heterocycles. The van der Waals surface area contributed by atoms with E-state index in [9.17, 15) is 32.3 Å². The Kier molecular flexibility index (Phi) is 9.82. The largest absolute Gasteiger partial charge is 0.480 e. The first-order chi connectivity index (χ1) is 17.9. The normalized spacial score (nSPS) is 13.3. The number of aliphatic carboxylic acids is 1. The van der Waals surface area contributed by atoms with E-state index in [4.69, 9.17) is 11.6 Å². The van der Waals surface area contributed by atoms with Crippen LogP contribution in [0.25, 0.3) is 10.1 Å². The lowest BCUT2D eigenvalue weighted by atomic mass is 10.0. The number of amides is 2. The van der Waals surface area contributed by atoms with Crippen molar-refractivity contribution in [2.75, 3.05) is 6.54 Å². The maximum atomic E-state index is 13.3. The molecule has 0 saturated heterocycles. The molecule has 0 saturated carbocycles. The standard InChI is InChI=1S/C25H27ClFN3O6S2/c1-14(2)11-19(29-24(32)21-12-15-5-3-4-6-20(15)37-21)23(31)28-10-9-18(25(33)34)30-38(35,36)22-8-7-16(27)13-17(22)26/h3-8,12-14,18-19,30H,9-11H2,1-2H3,(H,28,31)(H,29,32)(H,33,34)/t18-,19+/m1/s1. The molecule has 9 nitrogen and oxygen atoms in total. The van der Waals surface area contributed by atoms with Gasteiger partial charge in [-0.25, -0.2) is 12.8 Å². The number of hydrogen-bond acceptors (Lipinski definition) is 6. The van der Waals surface area contributed by atoms with Crippen LogP contribution in [0.1, 0.15) is 36.4 Å². The van der Waals surface area contributed by atoms with E-state index in [1.807, 2.05) is 42.8 Å². The van der Waals surface area contributed by atoms with Gasteiger partial charge in [0.25, 0.3) is 5.91 Å². The van der Waals surface area contributed by atoms with Gasteiger partial charge >= 0.3 is 5.97 Å². The Bertz CT molecular complexity index is 1410. The van der Waals surface area contributed by atoms with E-state index in [1.165, 1.54) is 11.3 Å². The first-order valence-corrected chi connectivity index (χ1v) is 14.3. The van der Waals surface area contributed by atoms with E-state index in [0.29, 0.717) is 11.3 Å². The van der Waals surface area contributed by atoms with Crippen LogP contribution in [0.2, 0.25) is 5.02 Å². The monoisotopic (exact) mass is 583 g/mol. The van der Waals surface area contributed by atoms with Crippen LogP contribution in [0, 0.1) is 11.7 Å². The lowest BCUT2D eigenvalue weighted by Crippen LogP contribution is -2.49. The summed E-state index contributed by atoms with van der Waals surface area (Å²) in [5.74, 6) is -3.09. The molecule has 0 spiro atoms. The quantitative estimate of drug-likeness (QED) is 0.256. The molecule has 0 aliphatic rings.